The zero-order valence-electron chi connectivity index (χ0n) is 28.7. The number of para-hydroxylation sites is 3. The molecule has 9 aromatic carbocycles. The maximum Gasteiger partial charge on any atom is 0.0482 e. The Hall–Kier alpha value is -6.90. The van der Waals surface area contributed by atoms with Gasteiger partial charge in [0, 0.05) is 34.1 Å². The molecule has 0 amide bonds. The average molecular weight is 665 g/mol. The lowest BCUT2D eigenvalue weighted by molar-refractivity contribution is 1.25. The first-order chi connectivity index (χ1) is 25.8. The van der Waals surface area contributed by atoms with E-state index >= 15 is 0 Å². The lowest BCUT2D eigenvalue weighted by Gasteiger charge is -2.29. The van der Waals surface area contributed by atoms with Crippen molar-refractivity contribution in [2.24, 2.45) is 0 Å². The van der Waals surface area contributed by atoms with Crippen molar-refractivity contribution in [3.8, 4) is 22.3 Å². The number of benzene rings is 9. The minimum Gasteiger partial charge on any atom is -0.310 e. The predicted octanol–water partition coefficient (Wildman–Crippen LogP) is 14.3. The summed E-state index contributed by atoms with van der Waals surface area (Å²) in [6.45, 7) is 0. The van der Waals surface area contributed by atoms with Gasteiger partial charge in [-0.2, -0.15) is 0 Å². The standard InChI is InChI=1S/C50H36N2/c1-4-15-45(16-5-1)51(46-17-6-2-7-18-46)49-21-12-22-50(36-49)52(47-19-8-3-9-20-47)48-31-29-38(30-32-48)40-25-26-43-35-44(28-27-42(43)34-40)41-24-23-37-13-10-11-14-39(37)33-41/h1-36H. The largest absolute Gasteiger partial charge is 0.310 e. The van der Waals surface area contributed by atoms with E-state index in [4.69, 9.17) is 0 Å². The molecule has 9 aromatic rings. The summed E-state index contributed by atoms with van der Waals surface area (Å²) >= 11 is 0. The van der Waals surface area contributed by atoms with Crippen molar-refractivity contribution in [2.45, 2.75) is 0 Å². The fourth-order valence-corrected chi connectivity index (χ4v) is 7.17. The highest BCUT2D eigenvalue weighted by Gasteiger charge is 2.17. The van der Waals surface area contributed by atoms with Crippen LogP contribution in [-0.2, 0) is 0 Å². The molecule has 0 radical (unpaired) electrons. The highest BCUT2D eigenvalue weighted by atomic mass is 15.2. The maximum absolute atomic E-state index is 2.33. The molecule has 2 heteroatoms. The van der Waals surface area contributed by atoms with Gasteiger partial charge in [-0.05, 0) is 129 Å². The van der Waals surface area contributed by atoms with Crippen LogP contribution in [0, 0.1) is 0 Å². The molecule has 0 saturated carbocycles. The molecule has 0 bridgehead atoms. The Morgan fingerprint density at radius 1 is 0.192 bits per heavy atom. The number of rotatable bonds is 8. The van der Waals surface area contributed by atoms with Gasteiger partial charge >= 0.3 is 0 Å². The lowest BCUT2D eigenvalue weighted by Crippen LogP contribution is -2.13. The van der Waals surface area contributed by atoms with Crippen molar-refractivity contribution < 1.29 is 0 Å². The molecule has 2 nitrogen and oxygen atoms in total. The number of hydrogen-bond donors (Lipinski definition) is 0. The van der Waals surface area contributed by atoms with Gasteiger partial charge in [-0.25, -0.2) is 0 Å². The molecule has 0 aromatic heterocycles. The monoisotopic (exact) mass is 664 g/mol. The molecule has 246 valence electrons. The van der Waals surface area contributed by atoms with Gasteiger partial charge in [0.05, 0.1) is 0 Å². The summed E-state index contributed by atoms with van der Waals surface area (Å²) < 4.78 is 0. The van der Waals surface area contributed by atoms with Crippen molar-refractivity contribution >= 4 is 55.7 Å². The number of hydrogen-bond acceptors (Lipinski definition) is 2. The molecule has 0 spiro atoms. The normalized spacial score (nSPS) is 11.1. The lowest BCUT2D eigenvalue weighted by atomic mass is 9.96. The van der Waals surface area contributed by atoms with Crippen LogP contribution in [0.3, 0.4) is 0 Å². The van der Waals surface area contributed by atoms with Crippen LogP contribution in [0.4, 0.5) is 34.1 Å². The van der Waals surface area contributed by atoms with E-state index in [1.54, 1.807) is 0 Å². The van der Waals surface area contributed by atoms with E-state index in [1.165, 1.54) is 43.8 Å². The van der Waals surface area contributed by atoms with Crippen LogP contribution >= 0.6 is 0 Å². The van der Waals surface area contributed by atoms with E-state index in [1.807, 2.05) is 0 Å². The molecule has 0 atom stereocenters. The van der Waals surface area contributed by atoms with Crippen LogP contribution in [0.2, 0.25) is 0 Å². The van der Waals surface area contributed by atoms with Crippen LogP contribution in [0.1, 0.15) is 0 Å². The summed E-state index contributed by atoms with van der Waals surface area (Å²) in [6.07, 6.45) is 0. The summed E-state index contributed by atoms with van der Waals surface area (Å²) in [5.41, 5.74) is 11.5. The van der Waals surface area contributed by atoms with E-state index in [0.29, 0.717) is 0 Å². The molecule has 0 fully saturated rings. The molecule has 0 aliphatic heterocycles. The third kappa shape index (κ3) is 6.19. The Labute approximate surface area is 305 Å². The average Bonchev–Trinajstić information content (AvgIpc) is 3.22. The van der Waals surface area contributed by atoms with Crippen LogP contribution < -0.4 is 9.80 Å². The number of anilines is 6. The van der Waals surface area contributed by atoms with Gasteiger partial charge in [0.1, 0.15) is 0 Å². The van der Waals surface area contributed by atoms with Gasteiger partial charge in [-0.3, -0.25) is 0 Å². The summed E-state index contributed by atoms with van der Waals surface area (Å²) in [7, 11) is 0. The number of fused-ring (bicyclic) bond motifs is 2. The molecule has 0 saturated heterocycles. The Kier molecular flexibility index (Phi) is 8.24. The van der Waals surface area contributed by atoms with E-state index in [0.717, 1.165) is 34.1 Å². The molecular formula is C50H36N2. The zero-order valence-corrected chi connectivity index (χ0v) is 28.7. The quantitative estimate of drug-likeness (QED) is 0.159. The van der Waals surface area contributed by atoms with E-state index in [2.05, 4.69) is 228 Å². The molecule has 9 rings (SSSR count). The van der Waals surface area contributed by atoms with Gasteiger partial charge in [0.25, 0.3) is 0 Å². The Morgan fingerprint density at radius 2 is 0.519 bits per heavy atom. The first kappa shape index (κ1) is 31.1. The minimum absolute atomic E-state index is 1.08. The molecule has 52 heavy (non-hydrogen) atoms. The third-order valence-electron chi connectivity index (χ3n) is 9.77. The SMILES string of the molecule is c1ccc(N(c2ccccc2)c2cccc(N(c3ccccc3)c3ccc(-c4ccc5cc(-c6ccc7ccccc7c6)ccc5c4)cc3)c2)cc1. The van der Waals surface area contributed by atoms with E-state index < -0.39 is 0 Å². The van der Waals surface area contributed by atoms with Crippen LogP contribution in [-0.4, -0.2) is 0 Å². The second-order valence-electron chi connectivity index (χ2n) is 13.1. The number of nitrogens with zero attached hydrogens (tertiary/aromatic N) is 2. The second-order valence-corrected chi connectivity index (χ2v) is 13.1. The van der Waals surface area contributed by atoms with Gasteiger partial charge < -0.3 is 9.80 Å². The summed E-state index contributed by atoms with van der Waals surface area (Å²) in [4.78, 5) is 4.64. The summed E-state index contributed by atoms with van der Waals surface area (Å²) in [5, 5.41) is 5.00. The first-order valence-corrected chi connectivity index (χ1v) is 17.8. The van der Waals surface area contributed by atoms with Gasteiger partial charge in [0.2, 0.25) is 0 Å². The third-order valence-corrected chi connectivity index (χ3v) is 9.77. The Balaban J connectivity index is 1.05. The van der Waals surface area contributed by atoms with Crippen molar-refractivity contribution in [3.05, 3.63) is 218 Å². The predicted molar refractivity (Wildman–Crippen MR) is 222 cm³/mol. The van der Waals surface area contributed by atoms with Crippen LogP contribution in [0.15, 0.2) is 218 Å². The van der Waals surface area contributed by atoms with Crippen molar-refractivity contribution in [2.75, 3.05) is 9.80 Å². The minimum atomic E-state index is 1.08. The van der Waals surface area contributed by atoms with Crippen LogP contribution in [0.25, 0.3) is 43.8 Å². The molecular weight excluding hydrogens is 629 g/mol. The Morgan fingerprint density at radius 3 is 1.00 bits per heavy atom. The summed E-state index contributed by atoms with van der Waals surface area (Å²) in [6, 6.07) is 78.2. The second kappa shape index (κ2) is 13.8. The fraction of sp³-hybridized carbons (Fsp3) is 0. The van der Waals surface area contributed by atoms with Crippen molar-refractivity contribution in [1.82, 2.24) is 0 Å². The van der Waals surface area contributed by atoms with Gasteiger partial charge in [-0.1, -0.05) is 133 Å². The zero-order chi connectivity index (χ0) is 34.7. The van der Waals surface area contributed by atoms with Crippen LogP contribution in [0.5, 0.6) is 0 Å². The molecule has 0 aliphatic rings. The molecule has 0 aliphatic carbocycles. The topological polar surface area (TPSA) is 6.48 Å². The highest BCUT2D eigenvalue weighted by molar-refractivity contribution is 5.93. The molecule has 0 heterocycles. The first-order valence-electron chi connectivity index (χ1n) is 17.8. The smallest absolute Gasteiger partial charge is 0.0482 e. The Bertz CT molecular complexity index is 2570. The van der Waals surface area contributed by atoms with E-state index in [9.17, 15) is 0 Å². The maximum atomic E-state index is 2.33. The molecule has 0 N–H and O–H groups in total. The van der Waals surface area contributed by atoms with Crippen molar-refractivity contribution in [1.29, 1.82) is 0 Å². The van der Waals surface area contributed by atoms with Crippen molar-refractivity contribution in [3.63, 3.8) is 0 Å². The molecule has 0 unspecified atom stereocenters. The highest BCUT2D eigenvalue weighted by Crippen LogP contribution is 2.41. The summed E-state index contributed by atoms with van der Waals surface area (Å²) in [5.74, 6) is 0. The van der Waals surface area contributed by atoms with Gasteiger partial charge in [-0.15, -0.1) is 0 Å². The fourth-order valence-electron chi connectivity index (χ4n) is 7.17. The van der Waals surface area contributed by atoms with E-state index in [-0.39, 0.29) is 0 Å². The van der Waals surface area contributed by atoms with Gasteiger partial charge in [0.15, 0.2) is 0 Å².